The van der Waals surface area contributed by atoms with Gasteiger partial charge in [-0.05, 0) is 36.0 Å². The minimum absolute atomic E-state index is 0.179. The second-order valence-corrected chi connectivity index (χ2v) is 6.66. The van der Waals surface area contributed by atoms with E-state index >= 15 is 0 Å². The molecule has 1 aromatic rings. The monoisotopic (exact) mass is 319 g/mol. The van der Waals surface area contributed by atoms with Gasteiger partial charge in [-0.25, -0.2) is 4.79 Å². The molecular formula is C18H25NO4. The lowest BCUT2D eigenvalue weighted by Gasteiger charge is -2.14. The van der Waals surface area contributed by atoms with Crippen LogP contribution < -0.4 is 10.1 Å². The Kier molecular flexibility index (Phi) is 6.02. The molecule has 1 fully saturated rings. The molecule has 0 saturated heterocycles. The Labute approximate surface area is 137 Å². The molecule has 23 heavy (non-hydrogen) atoms. The summed E-state index contributed by atoms with van der Waals surface area (Å²) >= 11 is 0. The van der Waals surface area contributed by atoms with E-state index in [4.69, 9.17) is 4.74 Å². The molecule has 0 heterocycles. The Balaban J connectivity index is 1.82. The smallest absolute Gasteiger partial charge is 0.326 e. The number of carboxylic acid groups (broad SMARTS) is 1. The molecule has 0 spiro atoms. The molecule has 0 aromatic heterocycles. The second kappa shape index (κ2) is 7.99. The maximum atomic E-state index is 12.0. The van der Waals surface area contributed by atoms with E-state index in [1.165, 1.54) is 0 Å². The van der Waals surface area contributed by atoms with Crippen LogP contribution in [0.3, 0.4) is 0 Å². The van der Waals surface area contributed by atoms with Crippen LogP contribution in [0.25, 0.3) is 0 Å². The maximum absolute atomic E-state index is 12.0. The van der Waals surface area contributed by atoms with Gasteiger partial charge >= 0.3 is 5.97 Å². The first-order chi connectivity index (χ1) is 10.9. The molecule has 2 N–H and O–H groups in total. The molecule has 1 aromatic carbocycles. The van der Waals surface area contributed by atoms with Gasteiger partial charge in [0.05, 0.1) is 13.0 Å². The number of benzene rings is 1. The van der Waals surface area contributed by atoms with Crippen LogP contribution in [0.15, 0.2) is 24.3 Å². The Morgan fingerprint density at radius 1 is 1.26 bits per heavy atom. The number of nitrogens with one attached hydrogen (secondary N) is 1. The van der Waals surface area contributed by atoms with E-state index in [9.17, 15) is 14.7 Å². The lowest BCUT2D eigenvalue weighted by Crippen LogP contribution is -2.41. The standard InChI is InChI=1S/C18H25NO4/c1-12(2)11-23-15-7-5-14(6-8-15)10-17(20)19-16(18(21)22)9-13-3-4-13/h5-8,12-13,16H,3-4,9-11H2,1-2H3,(H,19,20)(H,21,22). The Morgan fingerprint density at radius 3 is 2.43 bits per heavy atom. The fraction of sp³-hybridized carbons (Fsp3) is 0.556. The molecule has 1 amide bonds. The summed E-state index contributed by atoms with van der Waals surface area (Å²) in [6.45, 7) is 4.82. The summed E-state index contributed by atoms with van der Waals surface area (Å²) in [4.78, 5) is 23.2. The van der Waals surface area contributed by atoms with Crippen LogP contribution in [-0.2, 0) is 16.0 Å². The highest BCUT2D eigenvalue weighted by Gasteiger charge is 2.30. The Bertz CT molecular complexity index is 534. The molecule has 1 atom stereocenters. The summed E-state index contributed by atoms with van der Waals surface area (Å²) in [5, 5.41) is 11.8. The molecule has 1 aliphatic carbocycles. The van der Waals surface area contributed by atoms with Crippen molar-refractivity contribution in [1.29, 1.82) is 0 Å². The van der Waals surface area contributed by atoms with E-state index in [0.29, 0.717) is 24.9 Å². The van der Waals surface area contributed by atoms with Gasteiger partial charge in [-0.1, -0.05) is 38.8 Å². The van der Waals surface area contributed by atoms with Gasteiger partial charge in [-0.2, -0.15) is 0 Å². The molecule has 0 aliphatic heterocycles. The molecule has 2 rings (SSSR count). The largest absolute Gasteiger partial charge is 0.493 e. The van der Waals surface area contributed by atoms with Crippen molar-refractivity contribution < 1.29 is 19.4 Å². The van der Waals surface area contributed by atoms with Crippen molar-refractivity contribution in [2.24, 2.45) is 11.8 Å². The number of ether oxygens (including phenoxy) is 1. The molecule has 0 bridgehead atoms. The van der Waals surface area contributed by atoms with Gasteiger partial charge in [0.2, 0.25) is 5.91 Å². The SMILES string of the molecule is CC(C)COc1ccc(CC(=O)NC(CC2CC2)C(=O)O)cc1. The van der Waals surface area contributed by atoms with Crippen LogP contribution in [0.2, 0.25) is 0 Å². The number of hydrogen-bond donors (Lipinski definition) is 2. The predicted octanol–water partition coefficient (Wildman–Crippen LogP) is 2.63. The number of carboxylic acids is 1. The van der Waals surface area contributed by atoms with Gasteiger partial charge in [0.1, 0.15) is 11.8 Å². The molecular weight excluding hydrogens is 294 g/mol. The first-order valence-corrected chi connectivity index (χ1v) is 8.18. The number of aliphatic carboxylic acids is 1. The quantitative estimate of drug-likeness (QED) is 0.733. The highest BCUT2D eigenvalue weighted by atomic mass is 16.5. The zero-order chi connectivity index (χ0) is 16.8. The molecule has 0 radical (unpaired) electrons. The van der Waals surface area contributed by atoms with Crippen molar-refractivity contribution in [2.75, 3.05) is 6.61 Å². The second-order valence-electron chi connectivity index (χ2n) is 6.66. The molecule has 1 unspecified atom stereocenters. The van der Waals surface area contributed by atoms with E-state index in [-0.39, 0.29) is 12.3 Å². The summed E-state index contributed by atoms with van der Waals surface area (Å²) in [6.07, 6.45) is 2.84. The fourth-order valence-corrected chi connectivity index (χ4v) is 2.31. The van der Waals surface area contributed by atoms with Crippen LogP contribution >= 0.6 is 0 Å². The van der Waals surface area contributed by atoms with Crippen LogP contribution in [0.4, 0.5) is 0 Å². The first kappa shape index (κ1) is 17.3. The van der Waals surface area contributed by atoms with Gasteiger partial charge in [0, 0.05) is 0 Å². The van der Waals surface area contributed by atoms with E-state index in [0.717, 1.165) is 24.2 Å². The normalized spacial score (nSPS) is 15.3. The molecule has 126 valence electrons. The minimum atomic E-state index is -0.956. The molecule has 1 aliphatic rings. The maximum Gasteiger partial charge on any atom is 0.326 e. The zero-order valence-electron chi connectivity index (χ0n) is 13.7. The van der Waals surface area contributed by atoms with Crippen molar-refractivity contribution in [3.05, 3.63) is 29.8 Å². The highest BCUT2D eigenvalue weighted by molar-refractivity contribution is 5.84. The fourth-order valence-electron chi connectivity index (χ4n) is 2.31. The first-order valence-electron chi connectivity index (χ1n) is 8.18. The Morgan fingerprint density at radius 2 is 1.91 bits per heavy atom. The van der Waals surface area contributed by atoms with E-state index in [1.54, 1.807) is 0 Å². The van der Waals surface area contributed by atoms with Gasteiger partial charge in [-0.3, -0.25) is 4.79 Å². The van der Waals surface area contributed by atoms with Gasteiger partial charge in [0.15, 0.2) is 0 Å². The van der Waals surface area contributed by atoms with E-state index in [2.05, 4.69) is 19.2 Å². The van der Waals surface area contributed by atoms with Crippen LogP contribution in [0.5, 0.6) is 5.75 Å². The third kappa shape index (κ3) is 6.30. The van der Waals surface area contributed by atoms with Crippen molar-refractivity contribution in [3.8, 4) is 5.75 Å². The van der Waals surface area contributed by atoms with Crippen molar-refractivity contribution in [3.63, 3.8) is 0 Å². The van der Waals surface area contributed by atoms with Crippen molar-refractivity contribution >= 4 is 11.9 Å². The van der Waals surface area contributed by atoms with E-state index < -0.39 is 12.0 Å². The molecule has 1 saturated carbocycles. The van der Waals surface area contributed by atoms with Crippen LogP contribution in [-0.4, -0.2) is 29.6 Å². The minimum Gasteiger partial charge on any atom is -0.493 e. The number of hydrogen-bond acceptors (Lipinski definition) is 3. The third-order valence-electron chi connectivity index (χ3n) is 3.77. The number of amides is 1. The molecule has 5 nitrogen and oxygen atoms in total. The number of carbonyl (C=O) groups is 2. The summed E-state index contributed by atoms with van der Waals surface area (Å²) in [6, 6.07) is 6.58. The predicted molar refractivity (Wildman–Crippen MR) is 87.4 cm³/mol. The third-order valence-corrected chi connectivity index (χ3v) is 3.77. The van der Waals surface area contributed by atoms with Crippen LogP contribution in [0.1, 0.15) is 38.7 Å². The molecule has 5 heteroatoms. The lowest BCUT2D eigenvalue weighted by atomic mass is 10.1. The topological polar surface area (TPSA) is 75.6 Å². The van der Waals surface area contributed by atoms with Crippen LogP contribution in [0, 0.1) is 11.8 Å². The van der Waals surface area contributed by atoms with Gasteiger partial charge < -0.3 is 15.2 Å². The number of rotatable bonds is 9. The average molecular weight is 319 g/mol. The zero-order valence-corrected chi connectivity index (χ0v) is 13.7. The average Bonchev–Trinajstić information content (AvgIpc) is 3.29. The summed E-state index contributed by atoms with van der Waals surface area (Å²) in [7, 11) is 0. The van der Waals surface area contributed by atoms with E-state index in [1.807, 2.05) is 24.3 Å². The highest BCUT2D eigenvalue weighted by Crippen LogP contribution is 2.33. The number of carbonyl (C=O) groups excluding carboxylic acids is 1. The lowest BCUT2D eigenvalue weighted by molar-refractivity contribution is -0.142. The van der Waals surface area contributed by atoms with Crippen molar-refractivity contribution in [1.82, 2.24) is 5.32 Å². The van der Waals surface area contributed by atoms with Crippen molar-refractivity contribution in [2.45, 2.75) is 45.6 Å². The summed E-state index contributed by atoms with van der Waals surface area (Å²) in [5.74, 6) is 0.477. The van der Waals surface area contributed by atoms with Gasteiger partial charge in [0.25, 0.3) is 0 Å². The summed E-state index contributed by atoms with van der Waals surface area (Å²) in [5.41, 5.74) is 0.843. The Hall–Kier alpha value is -2.04. The summed E-state index contributed by atoms with van der Waals surface area (Å²) < 4.78 is 5.60. The van der Waals surface area contributed by atoms with Gasteiger partial charge in [-0.15, -0.1) is 0 Å².